The van der Waals surface area contributed by atoms with Crippen LogP contribution in [0.2, 0.25) is 5.02 Å². The molecule has 0 radical (unpaired) electrons. The summed E-state index contributed by atoms with van der Waals surface area (Å²) in [6.07, 6.45) is 0. The summed E-state index contributed by atoms with van der Waals surface area (Å²) in [4.78, 5) is 11.8. The molecule has 16 heavy (non-hydrogen) atoms. The standard InChI is InChI=1S/C11H14ClNO3/c1-6(13)10(14)8-4-7(12)5-9(15-2)11(8)16-3/h4-6H,13H2,1-3H3. The van der Waals surface area contributed by atoms with Crippen LogP contribution in [-0.2, 0) is 0 Å². The molecule has 0 aromatic heterocycles. The molecule has 0 aliphatic carbocycles. The molecule has 4 nitrogen and oxygen atoms in total. The van der Waals surface area contributed by atoms with E-state index in [0.717, 1.165) is 0 Å². The van der Waals surface area contributed by atoms with E-state index >= 15 is 0 Å². The van der Waals surface area contributed by atoms with Crippen molar-refractivity contribution in [1.29, 1.82) is 0 Å². The van der Waals surface area contributed by atoms with Crippen LogP contribution in [0.1, 0.15) is 17.3 Å². The summed E-state index contributed by atoms with van der Waals surface area (Å²) in [5.41, 5.74) is 5.88. The summed E-state index contributed by atoms with van der Waals surface area (Å²) in [6.45, 7) is 1.61. The van der Waals surface area contributed by atoms with Crippen LogP contribution < -0.4 is 15.2 Å². The van der Waals surface area contributed by atoms with Crippen LogP contribution in [0.15, 0.2) is 12.1 Å². The van der Waals surface area contributed by atoms with Gasteiger partial charge in [-0.05, 0) is 13.0 Å². The van der Waals surface area contributed by atoms with Crippen LogP contribution in [0.5, 0.6) is 11.5 Å². The van der Waals surface area contributed by atoms with E-state index in [1.165, 1.54) is 20.3 Å². The number of nitrogens with two attached hydrogens (primary N) is 1. The lowest BCUT2D eigenvalue weighted by atomic mass is 10.0. The molecule has 5 heteroatoms. The second kappa shape index (κ2) is 5.18. The van der Waals surface area contributed by atoms with Crippen molar-refractivity contribution in [2.45, 2.75) is 13.0 Å². The van der Waals surface area contributed by atoms with Gasteiger partial charge in [0, 0.05) is 11.1 Å². The first-order valence-corrected chi connectivity index (χ1v) is 5.10. The van der Waals surface area contributed by atoms with Crippen LogP contribution in [0.4, 0.5) is 0 Å². The molecule has 0 aliphatic heterocycles. The summed E-state index contributed by atoms with van der Waals surface area (Å²) < 4.78 is 10.2. The second-order valence-corrected chi connectivity index (χ2v) is 3.78. The normalized spacial score (nSPS) is 12.1. The summed E-state index contributed by atoms with van der Waals surface area (Å²) in [6, 6.07) is 2.49. The first kappa shape index (κ1) is 12.8. The van der Waals surface area contributed by atoms with Gasteiger partial charge in [0.2, 0.25) is 0 Å². The van der Waals surface area contributed by atoms with Gasteiger partial charge in [-0.1, -0.05) is 11.6 Å². The van der Waals surface area contributed by atoms with Gasteiger partial charge in [-0.15, -0.1) is 0 Å². The lowest BCUT2D eigenvalue weighted by Crippen LogP contribution is -2.27. The summed E-state index contributed by atoms with van der Waals surface area (Å²) in [5, 5.41) is 0.404. The maximum absolute atomic E-state index is 11.8. The summed E-state index contributed by atoms with van der Waals surface area (Å²) >= 11 is 5.88. The number of ketones is 1. The second-order valence-electron chi connectivity index (χ2n) is 3.34. The third-order valence-electron chi connectivity index (χ3n) is 2.12. The van der Waals surface area contributed by atoms with E-state index in [1.807, 2.05) is 0 Å². The molecule has 0 aliphatic rings. The van der Waals surface area contributed by atoms with Gasteiger partial charge in [-0.3, -0.25) is 4.79 Å². The predicted molar refractivity (Wildman–Crippen MR) is 62.5 cm³/mol. The Bertz CT molecular complexity index is 404. The fraction of sp³-hybridized carbons (Fsp3) is 0.364. The van der Waals surface area contributed by atoms with Crippen LogP contribution in [0, 0.1) is 0 Å². The van der Waals surface area contributed by atoms with E-state index in [-0.39, 0.29) is 5.78 Å². The van der Waals surface area contributed by atoms with Gasteiger partial charge in [0.1, 0.15) is 0 Å². The molecule has 1 rings (SSSR count). The van der Waals surface area contributed by atoms with Crippen molar-refractivity contribution in [3.8, 4) is 11.5 Å². The molecule has 1 unspecified atom stereocenters. The molecular formula is C11H14ClNO3. The Labute approximate surface area is 99.3 Å². The van der Waals surface area contributed by atoms with E-state index in [4.69, 9.17) is 26.8 Å². The number of hydrogen-bond acceptors (Lipinski definition) is 4. The Morgan fingerprint density at radius 3 is 2.44 bits per heavy atom. The molecule has 1 atom stereocenters. The number of ether oxygens (including phenoxy) is 2. The molecule has 0 spiro atoms. The van der Waals surface area contributed by atoms with Crippen molar-refractivity contribution in [2.24, 2.45) is 5.73 Å². The Kier molecular flexibility index (Phi) is 4.15. The number of hydrogen-bond donors (Lipinski definition) is 1. The predicted octanol–water partition coefficient (Wildman–Crippen LogP) is 1.89. The first-order chi connectivity index (χ1) is 7.51. The van der Waals surface area contributed by atoms with Crippen LogP contribution in [-0.4, -0.2) is 26.0 Å². The van der Waals surface area contributed by atoms with Crippen molar-refractivity contribution < 1.29 is 14.3 Å². The van der Waals surface area contributed by atoms with Crippen molar-refractivity contribution in [1.82, 2.24) is 0 Å². The van der Waals surface area contributed by atoms with Crippen LogP contribution in [0.3, 0.4) is 0 Å². The van der Waals surface area contributed by atoms with E-state index < -0.39 is 6.04 Å². The number of Topliss-reactive ketones (excluding diaryl/α,β-unsaturated/α-hetero) is 1. The number of methoxy groups -OCH3 is 2. The third kappa shape index (κ3) is 2.46. The van der Waals surface area contributed by atoms with E-state index in [9.17, 15) is 4.79 Å². The highest BCUT2D eigenvalue weighted by molar-refractivity contribution is 6.31. The van der Waals surface area contributed by atoms with Crippen LogP contribution in [0.25, 0.3) is 0 Å². The highest BCUT2D eigenvalue weighted by atomic mass is 35.5. The topological polar surface area (TPSA) is 61.5 Å². The largest absolute Gasteiger partial charge is 0.493 e. The maximum atomic E-state index is 11.8. The van der Waals surface area contributed by atoms with Crippen LogP contribution >= 0.6 is 11.6 Å². The highest BCUT2D eigenvalue weighted by Crippen LogP contribution is 2.34. The van der Waals surface area contributed by atoms with Crippen molar-refractivity contribution in [3.63, 3.8) is 0 Å². The Hall–Kier alpha value is -1.26. The Balaban J connectivity index is 3.36. The number of carbonyl (C=O) groups is 1. The molecule has 1 aromatic carbocycles. The number of benzene rings is 1. The lowest BCUT2D eigenvalue weighted by molar-refractivity contribution is 0.0964. The average molecular weight is 244 g/mol. The molecule has 0 saturated carbocycles. The molecule has 88 valence electrons. The van der Waals surface area contributed by atoms with Crippen molar-refractivity contribution >= 4 is 17.4 Å². The number of halogens is 1. The molecule has 0 fully saturated rings. The maximum Gasteiger partial charge on any atom is 0.183 e. The van der Waals surface area contributed by atoms with Gasteiger partial charge in [0.25, 0.3) is 0 Å². The van der Waals surface area contributed by atoms with E-state index in [1.54, 1.807) is 13.0 Å². The molecule has 0 bridgehead atoms. The SMILES string of the molecule is COc1cc(Cl)cc(C(=O)C(C)N)c1OC. The molecule has 0 heterocycles. The smallest absolute Gasteiger partial charge is 0.183 e. The zero-order valence-electron chi connectivity index (χ0n) is 9.41. The summed E-state index contributed by atoms with van der Waals surface area (Å²) in [7, 11) is 2.94. The minimum Gasteiger partial charge on any atom is -0.493 e. The fourth-order valence-electron chi connectivity index (χ4n) is 1.36. The lowest BCUT2D eigenvalue weighted by Gasteiger charge is -2.13. The van der Waals surface area contributed by atoms with Gasteiger partial charge in [-0.25, -0.2) is 0 Å². The van der Waals surface area contributed by atoms with Gasteiger partial charge in [0.15, 0.2) is 17.3 Å². The van der Waals surface area contributed by atoms with Gasteiger partial charge in [-0.2, -0.15) is 0 Å². The number of carbonyl (C=O) groups excluding carboxylic acids is 1. The molecule has 2 N–H and O–H groups in total. The van der Waals surface area contributed by atoms with E-state index in [2.05, 4.69) is 0 Å². The number of rotatable bonds is 4. The zero-order chi connectivity index (χ0) is 12.3. The van der Waals surface area contributed by atoms with Gasteiger partial charge < -0.3 is 15.2 Å². The highest BCUT2D eigenvalue weighted by Gasteiger charge is 2.20. The summed E-state index contributed by atoms with van der Waals surface area (Å²) in [5.74, 6) is 0.533. The Morgan fingerprint density at radius 1 is 1.38 bits per heavy atom. The first-order valence-electron chi connectivity index (χ1n) is 4.72. The van der Waals surface area contributed by atoms with Gasteiger partial charge >= 0.3 is 0 Å². The van der Waals surface area contributed by atoms with E-state index in [0.29, 0.717) is 22.1 Å². The monoisotopic (exact) mass is 243 g/mol. The zero-order valence-corrected chi connectivity index (χ0v) is 10.2. The fourth-order valence-corrected chi connectivity index (χ4v) is 1.57. The quantitative estimate of drug-likeness (QED) is 0.821. The molecular weight excluding hydrogens is 230 g/mol. The minimum absolute atomic E-state index is 0.238. The molecule has 0 amide bonds. The third-order valence-corrected chi connectivity index (χ3v) is 2.34. The van der Waals surface area contributed by atoms with Crippen molar-refractivity contribution in [3.05, 3.63) is 22.7 Å². The Morgan fingerprint density at radius 2 is 2.00 bits per heavy atom. The average Bonchev–Trinajstić information content (AvgIpc) is 2.26. The van der Waals surface area contributed by atoms with Gasteiger partial charge in [0.05, 0.1) is 25.8 Å². The molecule has 0 saturated heterocycles. The molecule has 1 aromatic rings. The minimum atomic E-state index is -0.614. The van der Waals surface area contributed by atoms with Crippen molar-refractivity contribution in [2.75, 3.05) is 14.2 Å².